The maximum atomic E-state index is 11.9. The first kappa shape index (κ1) is 102. The summed E-state index contributed by atoms with van der Waals surface area (Å²) in [5.41, 5.74) is 0.204. The van der Waals surface area contributed by atoms with Crippen LogP contribution in [0, 0.1) is 105 Å². The predicted octanol–water partition coefficient (Wildman–Crippen LogP) is 4.73. The summed E-state index contributed by atoms with van der Waals surface area (Å²) >= 11 is 0. The maximum absolute atomic E-state index is 11.9. The lowest BCUT2D eigenvalue weighted by atomic mass is 9.74. The van der Waals surface area contributed by atoms with E-state index in [1.165, 1.54) is 27.7 Å². The number of nitriles is 2. The van der Waals surface area contributed by atoms with Crippen molar-refractivity contribution >= 4 is 118 Å². The van der Waals surface area contributed by atoms with Gasteiger partial charge in [-0.3, -0.25) is 28.2 Å². The highest BCUT2D eigenvalue weighted by Crippen LogP contribution is 2.64. The molecule has 134 heavy (non-hydrogen) atoms. The minimum absolute atomic E-state index is 0.00284. The van der Waals surface area contributed by atoms with Gasteiger partial charge in [0.05, 0.1) is 42.3 Å². The lowest BCUT2D eigenvalue weighted by Gasteiger charge is -2.27. The van der Waals surface area contributed by atoms with Gasteiger partial charge in [-0.25, -0.2) is 62.3 Å². The first-order valence-electron chi connectivity index (χ1n) is 43.1. The normalized spacial score (nSPS) is 34.5. The quantitative estimate of drug-likeness (QED) is 0.0577. The third kappa shape index (κ3) is 22.1. The molecule has 18 aliphatic rings. The first-order valence-corrected chi connectivity index (χ1v) is 44.6. The summed E-state index contributed by atoms with van der Waals surface area (Å²) in [6.45, 7) is 39.0. The number of ether oxygens (including phenoxy) is 19. The van der Waals surface area contributed by atoms with E-state index in [-0.39, 0.29) is 156 Å². The Morgan fingerprint density at radius 1 is 0.396 bits per heavy atom. The minimum Gasteiger partial charge on any atom is -0.463 e. The van der Waals surface area contributed by atoms with Crippen molar-refractivity contribution in [2.24, 2.45) is 81.8 Å². The summed E-state index contributed by atoms with van der Waals surface area (Å²) < 4.78 is 123. The van der Waals surface area contributed by atoms with Gasteiger partial charge in [0.15, 0.2) is 36.8 Å². The molecule has 8 aliphatic heterocycles. The number of esters is 17. The summed E-state index contributed by atoms with van der Waals surface area (Å²) in [6.07, 6.45) is 0.617. The lowest BCUT2D eigenvalue weighted by molar-refractivity contribution is -0.168. The van der Waals surface area contributed by atoms with Crippen molar-refractivity contribution in [2.45, 2.75) is 217 Å². The third-order valence-corrected chi connectivity index (χ3v) is 27.9. The van der Waals surface area contributed by atoms with Crippen LogP contribution in [0.2, 0.25) is 0 Å². The van der Waals surface area contributed by atoms with Gasteiger partial charge >= 0.3 is 108 Å². The van der Waals surface area contributed by atoms with Crippen LogP contribution in [0.1, 0.15) is 132 Å². The smallest absolute Gasteiger partial charge is 0.463 e. The molecular weight excluding hydrogens is 1790 g/mol. The molecule has 724 valence electrons. The Bertz CT molecular complexity index is 5160. The van der Waals surface area contributed by atoms with Gasteiger partial charge in [-0.1, -0.05) is 52.6 Å². The van der Waals surface area contributed by atoms with Crippen LogP contribution < -0.4 is 0 Å². The van der Waals surface area contributed by atoms with Gasteiger partial charge < -0.3 is 90.0 Å². The zero-order valence-corrected chi connectivity index (χ0v) is 75.6. The number of rotatable bonds is 23. The van der Waals surface area contributed by atoms with Gasteiger partial charge in [0, 0.05) is 110 Å². The van der Waals surface area contributed by atoms with E-state index in [2.05, 4.69) is 83.7 Å². The molecule has 18 fully saturated rings. The van der Waals surface area contributed by atoms with Gasteiger partial charge in [0.1, 0.15) is 87.0 Å². The molecule has 10 saturated carbocycles. The fraction of sp³-hybridized carbons (Fsp3) is 0.604. The maximum Gasteiger partial charge on any atom is 0.508 e. The van der Waals surface area contributed by atoms with Gasteiger partial charge in [0.2, 0.25) is 6.10 Å². The van der Waals surface area contributed by atoms with Crippen LogP contribution in [0.5, 0.6) is 0 Å². The number of cyclic esters (lactones) is 4. The zero-order valence-electron chi connectivity index (χ0n) is 74.7. The Labute approximate surface area is 768 Å². The van der Waals surface area contributed by atoms with E-state index in [9.17, 15) is 105 Å². The summed E-state index contributed by atoms with van der Waals surface area (Å²) in [7, 11) is -3.53. The lowest BCUT2D eigenvalue weighted by Crippen LogP contribution is -2.40. The molecule has 18 rings (SSSR count). The molecule has 43 heteroatoms. The monoisotopic (exact) mass is 1900 g/mol. The second-order valence-electron chi connectivity index (χ2n) is 36.1. The second-order valence-corrected chi connectivity index (χ2v) is 37.8. The first-order chi connectivity index (χ1) is 63.0. The van der Waals surface area contributed by atoms with Crippen LogP contribution in [-0.2, 0) is 186 Å². The molecule has 0 spiro atoms. The molecular formula is C91H104N2O40S. The topological polar surface area (TPSA) is 574 Å². The van der Waals surface area contributed by atoms with Crippen molar-refractivity contribution in [3.63, 3.8) is 0 Å². The molecule has 0 aromatic rings. The largest absolute Gasteiger partial charge is 0.508 e. The van der Waals surface area contributed by atoms with Crippen LogP contribution >= 0.6 is 0 Å². The van der Waals surface area contributed by atoms with Crippen LogP contribution in [0.3, 0.4) is 0 Å². The van der Waals surface area contributed by atoms with Gasteiger partial charge in [-0.2, -0.15) is 18.9 Å². The third-order valence-electron chi connectivity index (χ3n) is 26.1. The molecule has 28 unspecified atom stereocenters. The van der Waals surface area contributed by atoms with E-state index < -0.39 is 191 Å². The molecule has 8 heterocycles. The highest BCUT2D eigenvalue weighted by atomic mass is 32.2. The Balaban J connectivity index is 0.000000149. The molecule has 0 N–H and O–H groups in total. The summed E-state index contributed by atoms with van der Waals surface area (Å²) in [4.78, 5) is 203. The number of hydrogen-bond donors (Lipinski definition) is 0. The fourth-order valence-electron chi connectivity index (χ4n) is 19.9. The van der Waals surface area contributed by atoms with E-state index in [1.54, 1.807) is 27.7 Å². The van der Waals surface area contributed by atoms with Gasteiger partial charge in [0.25, 0.3) is 10.1 Å². The van der Waals surface area contributed by atoms with Crippen LogP contribution in [0.4, 0.5) is 4.79 Å². The molecule has 28 atom stereocenters. The molecule has 10 bridgehead atoms. The molecule has 42 nitrogen and oxygen atoms in total. The SMILES string of the molecule is C=C(C)C(=O)OC1C2CC3C(=O)OC1C3C2.C=C(C)C(=O)OC1C2CC3C1OC(=O)C3(C#N)C2.C=C(C)C(=O)OC1CCOC1=O.C=C(C)C(=O)OC1COC(=O)C1.C=C(C)C(=O)OCC(=O)OC1C2CC3C(=O)OC1C3C2.C=C(C)C(=O)OCC(=O)OC1C2CC3C1OC(=O)C3(C#N)C2.C=C(C)C(=O)OCC(=O)OC1C2CC3C1OS(=O)(=O)C3C2.C=C(C)C(=O)OCC1COC(=O)O1. The summed E-state index contributed by atoms with van der Waals surface area (Å²) in [5.74, 6) is -7.80. The van der Waals surface area contributed by atoms with Gasteiger partial charge in [-0.05, 0) is 120 Å². The van der Waals surface area contributed by atoms with Crippen molar-refractivity contribution < 1.29 is 189 Å². The van der Waals surface area contributed by atoms with Crippen LogP contribution in [-0.4, -0.2) is 247 Å². The number of carbonyl (C=O) groups excluding carboxylic acids is 18. The molecule has 10 aliphatic carbocycles. The summed E-state index contributed by atoms with van der Waals surface area (Å²) in [5, 5.41) is 18.0. The molecule has 0 radical (unpaired) electrons. The van der Waals surface area contributed by atoms with E-state index in [1.807, 2.05) is 0 Å². The van der Waals surface area contributed by atoms with Crippen LogP contribution in [0.15, 0.2) is 97.2 Å². The number of fused-ring (bicyclic) bond motifs is 5. The van der Waals surface area contributed by atoms with E-state index in [0.717, 1.165) is 32.1 Å². The molecule has 0 aromatic carbocycles. The average Bonchev–Trinajstić information content (AvgIpc) is 1.54. The van der Waals surface area contributed by atoms with Gasteiger partial charge in [-0.15, -0.1) is 0 Å². The van der Waals surface area contributed by atoms with Crippen molar-refractivity contribution in [3.8, 4) is 12.1 Å². The minimum atomic E-state index is -3.53. The average molecular weight is 1900 g/mol. The highest BCUT2D eigenvalue weighted by Gasteiger charge is 2.74. The highest BCUT2D eigenvalue weighted by molar-refractivity contribution is 7.87. The number of hydrogen-bond acceptors (Lipinski definition) is 42. The number of carbonyl (C=O) groups is 18. The second kappa shape index (κ2) is 41.7. The Kier molecular flexibility index (Phi) is 31.6. The Hall–Kier alpha value is -12.9. The van der Waals surface area contributed by atoms with E-state index >= 15 is 0 Å². The van der Waals surface area contributed by atoms with Crippen LogP contribution in [0.25, 0.3) is 0 Å². The molecule has 8 saturated heterocycles. The predicted molar refractivity (Wildman–Crippen MR) is 440 cm³/mol. The Morgan fingerprint density at radius 2 is 0.776 bits per heavy atom. The Morgan fingerprint density at radius 3 is 1.16 bits per heavy atom. The number of nitrogens with zero attached hydrogens (tertiary/aromatic N) is 2. The zero-order chi connectivity index (χ0) is 98.5. The van der Waals surface area contributed by atoms with Crippen molar-refractivity contribution in [3.05, 3.63) is 97.2 Å². The fourth-order valence-corrected chi connectivity index (χ4v) is 21.7. The molecule has 0 aromatic heterocycles. The van der Waals surface area contributed by atoms with Crippen molar-refractivity contribution in [2.75, 3.05) is 46.2 Å². The summed E-state index contributed by atoms with van der Waals surface area (Å²) in [6, 6.07) is 4.20. The molecule has 0 amide bonds. The van der Waals surface area contributed by atoms with Crippen molar-refractivity contribution in [1.82, 2.24) is 0 Å². The van der Waals surface area contributed by atoms with E-state index in [4.69, 9.17) is 75.2 Å². The van der Waals surface area contributed by atoms with E-state index in [0.29, 0.717) is 73.3 Å². The standard InChI is InChI=1S/C15H15NO6.C14H16O6.C13H13NO4.C13H16O7S.C12H14O4.C8H10O5.2C8H10O4/c1-7(2)13(18)20-5-10(17)21-11-8-3-9-12(11)22-14(19)15(9,4-8)6-16;1-6(2)13(16)18-5-10(15)19-11-7-3-8-9(4-7)14(17)20-12(8)11;1-6(2)11(15)17-9-7-3-8-10(9)18-12(16)13(8,4-7)5-14;1-6(2)13(15)18-5-10(14)19-11-7-3-8-9(4-7)21(16,17)20-12(8)11;1-5(2)11(13)15-9-6-3-7-8(4-6)12(14)16-10(7)9;1-5(2)7(9)11-3-6-4-12-8(10)13-6;1-5(2)8(10)12-6-3-7(9)11-4-6;1-5(2)7(9)12-6-3-4-11-8(6)10/h8-9,11-12H,1,3-5H2,2H3;7-9,11-12H,1,3-5H2,2H3;7-10H,1,3-4H2,2H3;7-9,11-12H,1,3-5H2,2H3;6-10H,1,3-4H2,2H3;6H,1,3-4H2,2H3;2*6H,1,3-4H2,2H3. The van der Waals surface area contributed by atoms with Crippen molar-refractivity contribution in [1.29, 1.82) is 10.5 Å².